The number of thioether (sulfide) groups is 1. The number of carbonyl (C=O) groups is 2. The van der Waals surface area contributed by atoms with Crippen molar-refractivity contribution in [1.29, 1.82) is 0 Å². The lowest BCUT2D eigenvalue weighted by molar-refractivity contribution is -0.127. The largest absolute Gasteiger partial charge is 0.289 e. The van der Waals surface area contributed by atoms with E-state index in [2.05, 4.69) is 6.58 Å². The SMILES string of the molecule is C=CC(C)N1C(=O)SC(C)C1=O. The van der Waals surface area contributed by atoms with Crippen molar-refractivity contribution in [2.75, 3.05) is 0 Å². The summed E-state index contributed by atoms with van der Waals surface area (Å²) in [6.07, 6.45) is 1.59. The predicted octanol–water partition coefficient (Wildman–Crippen LogP) is 1.64. The second-order valence-corrected chi connectivity index (χ2v) is 4.00. The standard InChI is InChI=1S/C8H11NO2S/c1-4-5(2)9-7(10)6(3)12-8(9)11/h4-6H,1H2,2-3H3. The highest BCUT2D eigenvalue weighted by Gasteiger charge is 2.38. The maximum atomic E-state index is 11.4. The summed E-state index contributed by atoms with van der Waals surface area (Å²) in [6.45, 7) is 7.06. The molecule has 2 unspecified atom stereocenters. The molecule has 0 N–H and O–H groups in total. The molecule has 12 heavy (non-hydrogen) atoms. The first kappa shape index (κ1) is 9.32. The van der Waals surface area contributed by atoms with Gasteiger partial charge in [0.2, 0.25) is 5.91 Å². The Morgan fingerprint density at radius 2 is 2.25 bits per heavy atom. The van der Waals surface area contributed by atoms with Gasteiger partial charge in [-0.2, -0.15) is 0 Å². The molecule has 2 atom stereocenters. The highest BCUT2D eigenvalue weighted by atomic mass is 32.2. The Labute approximate surface area is 75.8 Å². The normalized spacial score (nSPS) is 26.2. The van der Waals surface area contributed by atoms with Crippen molar-refractivity contribution in [1.82, 2.24) is 4.90 Å². The van der Waals surface area contributed by atoms with E-state index in [4.69, 9.17) is 0 Å². The molecule has 0 bridgehead atoms. The molecule has 1 rings (SSSR count). The van der Waals surface area contributed by atoms with Crippen LogP contribution in [0.4, 0.5) is 4.79 Å². The van der Waals surface area contributed by atoms with Crippen molar-refractivity contribution in [3.63, 3.8) is 0 Å². The van der Waals surface area contributed by atoms with Crippen LogP contribution in [0.1, 0.15) is 13.8 Å². The van der Waals surface area contributed by atoms with Gasteiger partial charge >= 0.3 is 0 Å². The lowest BCUT2D eigenvalue weighted by Gasteiger charge is -2.17. The summed E-state index contributed by atoms with van der Waals surface area (Å²) in [4.78, 5) is 23.8. The zero-order chi connectivity index (χ0) is 9.30. The molecule has 0 aromatic rings. The number of rotatable bonds is 2. The van der Waals surface area contributed by atoms with Crippen LogP contribution >= 0.6 is 11.8 Å². The lowest BCUT2D eigenvalue weighted by Crippen LogP contribution is -2.37. The first-order valence-electron chi connectivity index (χ1n) is 3.74. The van der Waals surface area contributed by atoms with Gasteiger partial charge < -0.3 is 0 Å². The minimum atomic E-state index is -0.236. The van der Waals surface area contributed by atoms with Gasteiger partial charge in [-0.25, -0.2) is 0 Å². The molecule has 0 saturated carbocycles. The third-order valence-electron chi connectivity index (χ3n) is 1.81. The Balaban J connectivity index is 2.83. The van der Waals surface area contributed by atoms with E-state index in [1.807, 2.05) is 0 Å². The Hall–Kier alpha value is -0.770. The van der Waals surface area contributed by atoms with E-state index >= 15 is 0 Å². The zero-order valence-electron chi connectivity index (χ0n) is 7.11. The van der Waals surface area contributed by atoms with Crippen LogP contribution in [0.3, 0.4) is 0 Å². The number of nitrogens with zero attached hydrogens (tertiary/aromatic N) is 1. The Bertz CT molecular complexity index is 239. The van der Waals surface area contributed by atoms with E-state index in [1.165, 1.54) is 4.90 Å². The molecule has 1 fully saturated rings. The van der Waals surface area contributed by atoms with Gasteiger partial charge in [-0.3, -0.25) is 14.5 Å². The van der Waals surface area contributed by atoms with Crippen molar-refractivity contribution in [3.05, 3.63) is 12.7 Å². The van der Waals surface area contributed by atoms with Crippen LogP contribution in [0.2, 0.25) is 0 Å². The van der Waals surface area contributed by atoms with Crippen molar-refractivity contribution >= 4 is 22.9 Å². The fourth-order valence-corrected chi connectivity index (χ4v) is 1.90. The molecular weight excluding hydrogens is 174 g/mol. The summed E-state index contributed by atoms with van der Waals surface area (Å²) in [5.41, 5.74) is 0. The summed E-state index contributed by atoms with van der Waals surface area (Å²) in [6, 6.07) is -0.192. The number of imide groups is 1. The first-order chi connectivity index (χ1) is 5.57. The summed E-state index contributed by atoms with van der Waals surface area (Å²) in [7, 11) is 0. The van der Waals surface area contributed by atoms with E-state index in [0.717, 1.165) is 11.8 Å². The first-order valence-corrected chi connectivity index (χ1v) is 4.62. The minimum Gasteiger partial charge on any atom is -0.273 e. The van der Waals surface area contributed by atoms with Gasteiger partial charge in [0.1, 0.15) is 0 Å². The molecule has 0 aromatic carbocycles. The van der Waals surface area contributed by atoms with Crippen LogP contribution < -0.4 is 0 Å². The van der Waals surface area contributed by atoms with E-state index in [9.17, 15) is 9.59 Å². The van der Waals surface area contributed by atoms with Crippen LogP contribution in [0.5, 0.6) is 0 Å². The summed E-state index contributed by atoms with van der Waals surface area (Å²) < 4.78 is 0. The van der Waals surface area contributed by atoms with Crippen LogP contribution in [0.25, 0.3) is 0 Å². The van der Waals surface area contributed by atoms with Crippen LogP contribution in [0.15, 0.2) is 12.7 Å². The van der Waals surface area contributed by atoms with E-state index in [0.29, 0.717) is 0 Å². The molecule has 1 aliphatic heterocycles. The van der Waals surface area contributed by atoms with Crippen molar-refractivity contribution in [2.45, 2.75) is 25.1 Å². The summed E-state index contributed by atoms with van der Waals surface area (Å²) in [5, 5.41) is -0.403. The van der Waals surface area contributed by atoms with Gasteiger partial charge in [-0.15, -0.1) is 6.58 Å². The molecule has 1 heterocycles. The van der Waals surface area contributed by atoms with E-state index in [-0.39, 0.29) is 22.4 Å². The average Bonchev–Trinajstić information content (AvgIpc) is 2.26. The number of amides is 2. The van der Waals surface area contributed by atoms with Gasteiger partial charge in [0.25, 0.3) is 5.24 Å². The molecule has 3 nitrogen and oxygen atoms in total. The highest BCUT2D eigenvalue weighted by Crippen LogP contribution is 2.28. The van der Waals surface area contributed by atoms with Gasteiger partial charge in [-0.1, -0.05) is 17.8 Å². The molecule has 0 radical (unpaired) electrons. The fourth-order valence-electron chi connectivity index (χ4n) is 1.02. The highest BCUT2D eigenvalue weighted by molar-refractivity contribution is 8.15. The van der Waals surface area contributed by atoms with Gasteiger partial charge in [0, 0.05) is 0 Å². The summed E-state index contributed by atoms with van der Waals surface area (Å²) in [5.74, 6) is -0.114. The Kier molecular flexibility index (Phi) is 2.57. The van der Waals surface area contributed by atoms with Gasteiger partial charge in [-0.05, 0) is 13.8 Å². The molecule has 0 aromatic heterocycles. The Morgan fingerprint density at radius 3 is 2.58 bits per heavy atom. The zero-order valence-corrected chi connectivity index (χ0v) is 7.93. The molecule has 2 amide bonds. The van der Waals surface area contributed by atoms with Crippen molar-refractivity contribution in [2.24, 2.45) is 0 Å². The van der Waals surface area contributed by atoms with Crippen LogP contribution in [0, 0.1) is 0 Å². The molecule has 4 heteroatoms. The molecule has 0 spiro atoms. The molecule has 1 aliphatic rings. The van der Waals surface area contributed by atoms with Crippen LogP contribution in [-0.4, -0.2) is 27.3 Å². The average molecular weight is 185 g/mol. The van der Waals surface area contributed by atoms with Gasteiger partial charge in [0.05, 0.1) is 11.3 Å². The maximum Gasteiger partial charge on any atom is 0.289 e. The molecule has 1 saturated heterocycles. The maximum absolute atomic E-state index is 11.4. The fraction of sp³-hybridized carbons (Fsp3) is 0.500. The monoisotopic (exact) mass is 185 g/mol. The quantitative estimate of drug-likeness (QED) is 0.614. The van der Waals surface area contributed by atoms with E-state index in [1.54, 1.807) is 19.9 Å². The second-order valence-electron chi connectivity index (χ2n) is 2.71. The third kappa shape index (κ3) is 1.39. The van der Waals surface area contributed by atoms with Crippen LogP contribution in [-0.2, 0) is 4.79 Å². The number of hydrogen-bond donors (Lipinski definition) is 0. The van der Waals surface area contributed by atoms with Gasteiger partial charge in [0.15, 0.2) is 0 Å². The molecule has 66 valence electrons. The minimum absolute atomic E-state index is 0.114. The number of hydrogen-bond acceptors (Lipinski definition) is 3. The van der Waals surface area contributed by atoms with Crippen molar-refractivity contribution < 1.29 is 9.59 Å². The molecule has 0 aliphatic carbocycles. The smallest absolute Gasteiger partial charge is 0.273 e. The topological polar surface area (TPSA) is 37.4 Å². The summed E-state index contributed by atoms with van der Waals surface area (Å²) >= 11 is 1.07. The second kappa shape index (κ2) is 3.31. The predicted molar refractivity (Wildman–Crippen MR) is 49.0 cm³/mol. The lowest BCUT2D eigenvalue weighted by atomic mass is 10.3. The molecular formula is C8H11NO2S. The Morgan fingerprint density at radius 1 is 1.67 bits per heavy atom. The third-order valence-corrected chi connectivity index (χ3v) is 2.76. The number of carbonyl (C=O) groups excluding carboxylic acids is 2. The van der Waals surface area contributed by atoms with Crippen molar-refractivity contribution in [3.8, 4) is 0 Å². The van der Waals surface area contributed by atoms with E-state index < -0.39 is 0 Å².